The molecule has 0 aromatic heterocycles. The van der Waals surface area contributed by atoms with Crippen molar-refractivity contribution in [2.75, 3.05) is 6.54 Å². The van der Waals surface area contributed by atoms with Gasteiger partial charge in [-0.15, -0.1) is 6.58 Å². The van der Waals surface area contributed by atoms with Gasteiger partial charge in [0.25, 0.3) is 19.7 Å². The summed E-state index contributed by atoms with van der Waals surface area (Å²) in [6.45, 7) is 4.04. The van der Waals surface area contributed by atoms with Crippen molar-refractivity contribution < 1.29 is 52.7 Å². The predicted molar refractivity (Wildman–Crippen MR) is 77.1 cm³/mol. The molecule has 154 valence electrons. The Morgan fingerprint density at radius 3 is 1.85 bits per heavy atom. The normalized spacial score (nSPS) is 14.8. The number of hydrogen-bond donors (Lipinski definition) is 1. The van der Waals surface area contributed by atoms with Gasteiger partial charge in [0.2, 0.25) is 0 Å². The predicted octanol–water partition coefficient (Wildman–Crippen LogP) is 2.26. The minimum Gasteiger partial charge on any atom is -0.446 e. The number of carbonyl (C=O) groups excluding carboxylic acids is 1. The molecule has 0 rings (SSSR count). The first-order chi connectivity index (χ1) is 11.5. The third-order valence-electron chi connectivity index (χ3n) is 2.79. The average molecular weight is 435 g/mol. The Bertz CT molecular complexity index is 668. The zero-order valence-electron chi connectivity index (χ0n) is 13.1. The first-order valence-corrected chi connectivity index (χ1v) is 9.73. The summed E-state index contributed by atoms with van der Waals surface area (Å²) in [5.74, 6) is 0. The highest BCUT2D eigenvalue weighted by atomic mass is 32.3. The molecule has 0 radical (unpaired) electrons. The van der Waals surface area contributed by atoms with Crippen molar-refractivity contribution in [1.29, 1.82) is 0 Å². The second kappa shape index (κ2) is 8.45. The van der Waals surface area contributed by atoms with Crippen molar-refractivity contribution in [1.82, 2.24) is 5.32 Å². The molecule has 0 aromatic rings. The van der Waals surface area contributed by atoms with Crippen LogP contribution >= 0.6 is 0 Å². The van der Waals surface area contributed by atoms with Crippen molar-refractivity contribution in [3.05, 3.63) is 12.7 Å². The first kappa shape index (κ1) is 24.5. The van der Waals surface area contributed by atoms with Crippen molar-refractivity contribution in [2.24, 2.45) is 0 Å². The molecule has 0 saturated heterocycles. The minimum absolute atomic E-state index is 0.0276. The van der Waals surface area contributed by atoms with Gasteiger partial charge in [0.1, 0.15) is 6.10 Å². The Hall–Kier alpha value is -1.51. The Balaban J connectivity index is 5.60. The van der Waals surface area contributed by atoms with Gasteiger partial charge in [0.15, 0.2) is 4.58 Å². The number of hydrogen-bond acceptors (Lipinski definition) is 6. The van der Waals surface area contributed by atoms with E-state index in [1.165, 1.54) is 6.08 Å². The molecule has 1 amide bonds. The van der Waals surface area contributed by atoms with E-state index in [9.17, 15) is 48.0 Å². The molecule has 7 nitrogen and oxygen atoms in total. The van der Waals surface area contributed by atoms with Crippen LogP contribution in [0.15, 0.2) is 12.7 Å². The van der Waals surface area contributed by atoms with E-state index < -0.39 is 53.9 Å². The van der Waals surface area contributed by atoms with Gasteiger partial charge in [-0.2, -0.15) is 26.3 Å². The van der Waals surface area contributed by atoms with Gasteiger partial charge in [-0.25, -0.2) is 21.6 Å². The Morgan fingerprint density at radius 1 is 1.08 bits per heavy atom. The van der Waals surface area contributed by atoms with Crippen LogP contribution in [0, 0.1) is 0 Å². The van der Waals surface area contributed by atoms with Gasteiger partial charge in [-0.3, -0.25) is 0 Å². The van der Waals surface area contributed by atoms with E-state index >= 15 is 0 Å². The summed E-state index contributed by atoms with van der Waals surface area (Å²) in [5.41, 5.74) is -12.5. The number of alkyl carbamates (subject to hydrolysis) is 1. The Labute approximate surface area is 145 Å². The monoisotopic (exact) mass is 435 g/mol. The zero-order valence-corrected chi connectivity index (χ0v) is 14.7. The van der Waals surface area contributed by atoms with Crippen LogP contribution in [0.1, 0.15) is 19.8 Å². The first-order valence-electron chi connectivity index (χ1n) is 6.64. The molecular weight excluding hydrogens is 420 g/mol. The van der Waals surface area contributed by atoms with E-state index in [0.717, 1.165) is 6.92 Å². The lowest BCUT2D eigenvalue weighted by Gasteiger charge is -2.23. The molecule has 0 aliphatic carbocycles. The number of alkyl halides is 6. The number of ether oxygens (including phenoxy) is 1. The molecule has 1 unspecified atom stereocenters. The molecule has 1 atom stereocenters. The largest absolute Gasteiger partial charge is 0.498 e. The summed E-state index contributed by atoms with van der Waals surface area (Å²) in [4.78, 5) is 11.3. The maximum atomic E-state index is 12.6. The summed E-state index contributed by atoms with van der Waals surface area (Å²) in [5, 5.41) is 2.05. The van der Waals surface area contributed by atoms with E-state index in [2.05, 4.69) is 11.3 Å². The van der Waals surface area contributed by atoms with Crippen LogP contribution in [-0.4, -0.2) is 51.2 Å². The molecule has 0 saturated carbocycles. The lowest BCUT2D eigenvalue weighted by Crippen LogP contribution is -2.46. The van der Waals surface area contributed by atoms with Gasteiger partial charge < -0.3 is 10.1 Å². The standard InChI is InChI=1S/C11H15F6NO6S2/c1-3-4-5-18-9(19)24-7(2)6-8(25(20,21)10(12,13)14)26(22,23)11(15,16)17/h3,7-8H,1,4-6H2,2H3,(H,18,19). The number of amides is 1. The summed E-state index contributed by atoms with van der Waals surface area (Å²) in [6.07, 6.45) is -3.30. The van der Waals surface area contributed by atoms with Gasteiger partial charge in [-0.05, 0) is 13.3 Å². The van der Waals surface area contributed by atoms with Gasteiger partial charge in [-0.1, -0.05) is 6.08 Å². The lowest BCUT2D eigenvalue weighted by atomic mass is 10.3. The number of carbonyl (C=O) groups is 1. The van der Waals surface area contributed by atoms with Crippen LogP contribution in [0.2, 0.25) is 0 Å². The van der Waals surface area contributed by atoms with E-state index in [4.69, 9.17) is 0 Å². The summed E-state index contributed by atoms with van der Waals surface area (Å²) < 4.78 is 121. The van der Waals surface area contributed by atoms with Crippen molar-refractivity contribution >= 4 is 25.8 Å². The highest BCUT2D eigenvalue weighted by Crippen LogP contribution is 2.38. The van der Waals surface area contributed by atoms with Gasteiger partial charge in [0.05, 0.1) is 0 Å². The fraction of sp³-hybridized carbons (Fsp3) is 0.727. The van der Waals surface area contributed by atoms with Crippen molar-refractivity contribution in [2.45, 2.75) is 41.5 Å². The van der Waals surface area contributed by atoms with Crippen LogP contribution in [-0.2, 0) is 24.4 Å². The van der Waals surface area contributed by atoms with Crippen LogP contribution in [0.3, 0.4) is 0 Å². The number of halogens is 6. The molecule has 0 aliphatic rings. The molecule has 26 heavy (non-hydrogen) atoms. The quantitative estimate of drug-likeness (QED) is 0.356. The van der Waals surface area contributed by atoms with Gasteiger partial charge >= 0.3 is 17.1 Å². The number of sulfone groups is 2. The smallest absolute Gasteiger partial charge is 0.446 e. The van der Waals surface area contributed by atoms with Crippen LogP contribution in [0.4, 0.5) is 31.1 Å². The molecule has 1 N–H and O–H groups in total. The summed E-state index contributed by atoms with van der Waals surface area (Å²) in [7, 11) is -13.5. The zero-order chi connectivity index (χ0) is 21.0. The van der Waals surface area contributed by atoms with Crippen molar-refractivity contribution in [3.63, 3.8) is 0 Å². The van der Waals surface area contributed by atoms with E-state index in [1.807, 2.05) is 5.32 Å². The maximum absolute atomic E-state index is 12.6. The SMILES string of the molecule is C=CCCNC(=O)OC(C)CC(S(=O)(=O)C(F)(F)F)S(=O)(=O)C(F)(F)F. The topological polar surface area (TPSA) is 107 Å². The molecule has 15 heteroatoms. The van der Waals surface area contributed by atoms with E-state index in [0.29, 0.717) is 0 Å². The molecule has 0 aromatic carbocycles. The third kappa shape index (κ3) is 6.03. The van der Waals surface area contributed by atoms with Crippen molar-refractivity contribution in [3.8, 4) is 0 Å². The Morgan fingerprint density at radius 2 is 1.50 bits per heavy atom. The summed E-state index contributed by atoms with van der Waals surface area (Å²) >= 11 is 0. The van der Waals surface area contributed by atoms with Crippen LogP contribution in [0.25, 0.3) is 0 Å². The summed E-state index contributed by atoms with van der Waals surface area (Å²) in [6, 6.07) is 0. The molecule has 0 fully saturated rings. The van der Waals surface area contributed by atoms with E-state index in [-0.39, 0.29) is 13.0 Å². The molecule has 0 spiro atoms. The highest BCUT2D eigenvalue weighted by Gasteiger charge is 2.63. The molecule has 0 heterocycles. The lowest BCUT2D eigenvalue weighted by molar-refractivity contribution is -0.0476. The van der Waals surface area contributed by atoms with Crippen LogP contribution in [0.5, 0.6) is 0 Å². The number of rotatable bonds is 8. The maximum Gasteiger partial charge on any atom is 0.498 e. The molecule has 0 bridgehead atoms. The molecule has 0 aliphatic heterocycles. The van der Waals surface area contributed by atoms with Gasteiger partial charge in [0, 0.05) is 13.0 Å². The second-order valence-electron chi connectivity index (χ2n) is 4.87. The fourth-order valence-corrected chi connectivity index (χ4v) is 5.17. The minimum atomic E-state index is -6.76. The molecular formula is C11H15F6NO6S2. The van der Waals surface area contributed by atoms with Crippen LogP contribution < -0.4 is 5.32 Å². The number of nitrogens with one attached hydrogen (secondary N) is 1. The average Bonchev–Trinajstić information content (AvgIpc) is 2.42. The second-order valence-corrected chi connectivity index (χ2v) is 9.41. The highest BCUT2D eigenvalue weighted by molar-refractivity contribution is 8.09. The van der Waals surface area contributed by atoms with E-state index in [1.54, 1.807) is 0 Å². The third-order valence-corrected chi connectivity index (χ3v) is 7.37. The fourth-order valence-electron chi connectivity index (χ4n) is 1.54. The Kier molecular flexibility index (Phi) is 7.96.